The highest BCUT2D eigenvalue weighted by molar-refractivity contribution is 5.93. The van der Waals surface area contributed by atoms with Crippen molar-refractivity contribution >= 4 is 77.4 Å². The second-order valence-corrected chi connectivity index (χ2v) is 42.2. The molecule has 13 amide bonds. The fourth-order valence-corrected chi connectivity index (χ4v) is 15.9. The molecule has 1 aliphatic heterocycles. The molecule has 0 spiro atoms. The van der Waals surface area contributed by atoms with Crippen molar-refractivity contribution in [3.05, 3.63) is 95.1 Å². The molecule has 0 radical (unpaired) electrons. The van der Waals surface area contributed by atoms with Gasteiger partial charge in [-0.3, -0.25) is 47.9 Å². The molecule has 31 nitrogen and oxygen atoms in total. The minimum atomic E-state index is -0.808. The number of amides is 13. The predicted molar refractivity (Wildman–Crippen MR) is 550 cm³/mol. The first kappa shape index (κ1) is 122. The van der Waals surface area contributed by atoms with Gasteiger partial charge in [-0.1, -0.05) is 151 Å². The van der Waals surface area contributed by atoms with Gasteiger partial charge in [0.25, 0.3) is 0 Å². The van der Waals surface area contributed by atoms with Crippen LogP contribution in [0, 0.1) is 56.7 Å². The van der Waals surface area contributed by atoms with Crippen LogP contribution in [0.25, 0.3) is 0 Å². The van der Waals surface area contributed by atoms with Crippen LogP contribution >= 0.6 is 0 Å². The molecule has 13 N–H and O–H groups in total. The number of ether oxygens (including phenoxy) is 5. The lowest BCUT2D eigenvalue weighted by molar-refractivity contribution is -0.134. The molecule has 790 valence electrons. The number of para-hydroxylation sites is 2. The van der Waals surface area contributed by atoms with Gasteiger partial charge in [0, 0.05) is 118 Å². The molecule has 11 rings (SSSR count). The third-order valence-corrected chi connectivity index (χ3v) is 26.6. The molecule has 3 aromatic carbocycles. The number of carbonyl (C=O) groups is 13. The second kappa shape index (κ2) is 61.0. The van der Waals surface area contributed by atoms with Crippen LogP contribution < -0.4 is 54.1 Å². The molecule has 1 heterocycles. The first-order valence-electron chi connectivity index (χ1n) is 52.3. The van der Waals surface area contributed by atoms with Gasteiger partial charge in [-0.15, -0.1) is 0 Å². The number of aryl methyl sites for hydroxylation is 1. The fourth-order valence-electron chi connectivity index (χ4n) is 15.9. The van der Waals surface area contributed by atoms with Crippen LogP contribution in [0.3, 0.4) is 0 Å². The number of hydrogen-bond acceptors (Lipinski definition) is 18. The zero-order chi connectivity index (χ0) is 105. The van der Waals surface area contributed by atoms with Gasteiger partial charge in [0.1, 0.15) is 12.7 Å². The zero-order valence-electron chi connectivity index (χ0n) is 89.2. The monoisotopic (exact) mass is 1960 g/mol. The standard InChI is InChI=1S/C16H23NO.C15H20N2O2.C14H26N2O2.C14H19NO3.C13H24N2O2.C13H26N2O2.C12H22N2O3.C12H21NO3/c1-3-10-17(15-8-9-15)16(18)12-14-7-5-6-13(4-2)11-14;1-2-8-17(13-6-7-13)14(18)10-11-4-3-5-12(9-11)15(16)19;1-5-8-14(4,10-6-7-10)12(18)16-9-13(2,3)11(15)17;1-3-10-15(11-8-9-11)14(16)18-13-7-5-4-6-12(13)17-2;1-4-5-10(9-6-7-9)11(16)15-8-13(2,3)12(14)17;1-6-7-10(9(2)3)11(16)15-8-13(4,5)12(14)17;1-4-7-14(9-5-6-9)11(16)17-8-12(2,3)10(13)15;1-2-7-13(10-3-4-10)12(14)16-11-5-8-15-9-6-11/h5-7,11,15H,3-4,8-10,12H2,1-2H3;3-5,9,13H,2,6-8,10H2,1H3,(H2,16,19);10H,5-9H2,1-4H3,(H2,15,17)(H,16,18);4-7,11H,3,8-10H2,1-2H3;9-10H,4-8H2,1-3H3,(H2,14,17)(H,15,16);9-10H,6-8H2,1-5H3,(H2,14,17)(H,15,16);9H,4-8H2,1-3H3,(H2,13,15);10-11H,2-9H2,1H3. The largest absolute Gasteiger partial charge is 0.493 e. The fraction of sp³-hybridized carbons (Fsp3) is 0.716. The van der Waals surface area contributed by atoms with Crippen molar-refractivity contribution in [3.8, 4) is 11.5 Å². The zero-order valence-corrected chi connectivity index (χ0v) is 89.2. The summed E-state index contributed by atoms with van der Waals surface area (Å²) < 4.78 is 26.5. The van der Waals surface area contributed by atoms with E-state index in [4.69, 9.17) is 52.4 Å². The van der Waals surface area contributed by atoms with Crippen molar-refractivity contribution in [1.82, 2.24) is 40.4 Å². The van der Waals surface area contributed by atoms with Crippen molar-refractivity contribution in [3.63, 3.8) is 0 Å². The molecule has 7 saturated carbocycles. The molecule has 3 atom stereocenters. The van der Waals surface area contributed by atoms with E-state index < -0.39 is 39.4 Å². The highest BCUT2D eigenvalue weighted by Crippen LogP contribution is 2.49. The Morgan fingerprint density at radius 1 is 0.421 bits per heavy atom. The van der Waals surface area contributed by atoms with Crippen molar-refractivity contribution in [2.45, 2.75) is 367 Å². The third kappa shape index (κ3) is 44.6. The van der Waals surface area contributed by atoms with Gasteiger partial charge in [0.15, 0.2) is 11.5 Å². The van der Waals surface area contributed by atoms with E-state index in [1.807, 2.05) is 60.6 Å². The molecule has 3 unspecified atom stereocenters. The number of benzene rings is 3. The minimum absolute atomic E-state index is 0.0173. The van der Waals surface area contributed by atoms with Gasteiger partial charge in [-0.2, -0.15) is 0 Å². The van der Waals surface area contributed by atoms with E-state index in [2.05, 4.69) is 101 Å². The Morgan fingerprint density at radius 3 is 1.21 bits per heavy atom. The smallest absolute Gasteiger partial charge is 0.415 e. The first-order chi connectivity index (χ1) is 66.1. The number of nitrogens with two attached hydrogens (primary N) is 5. The van der Waals surface area contributed by atoms with Gasteiger partial charge < -0.3 is 92.8 Å². The number of nitrogens with one attached hydrogen (secondary N) is 3. The lowest BCUT2D eigenvalue weighted by Gasteiger charge is -2.30. The molecule has 31 heteroatoms. The summed E-state index contributed by atoms with van der Waals surface area (Å²) in [6.07, 6.45) is 29.4. The van der Waals surface area contributed by atoms with Gasteiger partial charge in [0.05, 0.1) is 54.8 Å². The highest BCUT2D eigenvalue weighted by Gasteiger charge is 2.47. The van der Waals surface area contributed by atoms with Crippen LogP contribution in [-0.4, -0.2) is 217 Å². The van der Waals surface area contributed by atoms with Crippen molar-refractivity contribution in [2.24, 2.45) is 85.3 Å². The van der Waals surface area contributed by atoms with Crippen molar-refractivity contribution < 1.29 is 86.0 Å². The van der Waals surface area contributed by atoms with Gasteiger partial charge in [0.2, 0.25) is 59.1 Å². The summed E-state index contributed by atoms with van der Waals surface area (Å²) in [6, 6.07) is 24.7. The second-order valence-electron chi connectivity index (χ2n) is 42.2. The third-order valence-electron chi connectivity index (χ3n) is 26.6. The first-order valence-corrected chi connectivity index (χ1v) is 52.3. The van der Waals surface area contributed by atoms with E-state index in [9.17, 15) is 62.3 Å². The summed E-state index contributed by atoms with van der Waals surface area (Å²) in [5, 5.41) is 8.61. The molecule has 0 aromatic heterocycles. The summed E-state index contributed by atoms with van der Waals surface area (Å²) in [6.45, 7) is 45.2. The van der Waals surface area contributed by atoms with Gasteiger partial charge in [-0.05, 0) is 262 Å². The Balaban J connectivity index is 0.000000334. The quantitative estimate of drug-likeness (QED) is 0.0260. The minimum Gasteiger partial charge on any atom is -0.493 e. The van der Waals surface area contributed by atoms with E-state index in [0.717, 1.165) is 217 Å². The molecule has 0 bridgehead atoms. The summed E-state index contributed by atoms with van der Waals surface area (Å²) in [5.74, 6) is 1.14. The van der Waals surface area contributed by atoms with Crippen molar-refractivity contribution in [1.29, 1.82) is 0 Å². The molecule has 7 aliphatic carbocycles. The lowest BCUT2D eigenvalue weighted by Crippen LogP contribution is -2.47. The van der Waals surface area contributed by atoms with Gasteiger partial charge in [-0.25, -0.2) is 14.4 Å². The number of methoxy groups -OCH3 is 1. The average Bonchev–Trinajstić information content (AvgIpc) is 1.64. The Bertz CT molecular complexity index is 4220. The summed E-state index contributed by atoms with van der Waals surface area (Å²) >= 11 is 0. The molecule has 8 fully saturated rings. The number of nitrogens with zero attached hydrogens (tertiary/aromatic N) is 5. The van der Waals surface area contributed by atoms with Crippen LogP contribution in [0.2, 0.25) is 0 Å². The van der Waals surface area contributed by atoms with Crippen LogP contribution in [-0.2, 0) is 76.6 Å². The highest BCUT2D eigenvalue weighted by atomic mass is 16.6. The summed E-state index contributed by atoms with van der Waals surface area (Å²) in [7, 11) is 1.57. The number of rotatable bonds is 48. The number of hydrogen-bond donors (Lipinski definition) is 8. The van der Waals surface area contributed by atoms with E-state index in [1.165, 1.54) is 18.4 Å². The number of primary amides is 5. The van der Waals surface area contributed by atoms with E-state index in [1.54, 1.807) is 97.7 Å². The molecule has 8 aliphatic rings. The van der Waals surface area contributed by atoms with E-state index in [-0.39, 0.29) is 83.7 Å². The normalized spacial score (nSPS) is 16.2. The van der Waals surface area contributed by atoms with E-state index >= 15 is 0 Å². The maximum atomic E-state index is 12.3. The SMILES string of the molecule is CCCC(C(=O)NCC(C)(C)C(N)=O)C(C)C.CCCC(C(=O)NCC(C)(C)C(N)=O)C1CC1.CCCC(C)(C(=O)NCC(C)(C)C(N)=O)C1CC1.CCCN(C(=O)Cc1cccc(C(N)=O)c1)C1CC1.CCCN(C(=O)Cc1cccc(CC)c1)C1CC1.CCCN(C(=O)OC1CCOCC1)C1CC1.CCCN(C(=O)OCC(C)(C)C(N)=O)C1CC1.CCCN(C(=O)Oc1ccccc1OC)C1CC1. The Labute approximate surface area is 838 Å². The summed E-state index contributed by atoms with van der Waals surface area (Å²) in [5.41, 5.74) is 26.9. The Kier molecular flexibility index (Phi) is 53.3. The molecule has 1 saturated heterocycles. The predicted octanol–water partition coefficient (Wildman–Crippen LogP) is 16.6. The summed E-state index contributed by atoms with van der Waals surface area (Å²) in [4.78, 5) is 162. The number of carbonyl (C=O) groups excluding carboxylic acids is 13. The van der Waals surface area contributed by atoms with Crippen LogP contribution in [0.15, 0.2) is 72.8 Å². The molecular weight excluding hydrogens is 1780 g/mol. The van der Waals surface area contributed by atoms with Gasteiger partial charge >= 0.3 is 18.3 Å². The average molecular weight is 1960 g/mol. The molecule has 3 aromatic rings. The maximum Gasteiger partial charge on any atom is 0.415 e. The van der Waals surface area contributed by atoms with Crippen LogP contribution in [0.1, 0.15) is 339 Å². The molecule has 140 heavy (non-hydrogen) atoms. The van der Waals surface area contributed by atoms with Crippen LogP contribution in [0.4, 0.5) is 14.4 Å². The van der Waals surface area contributed by atoms with Crippen molar-refractivity contribution in [2.75, 3.05) is 79.3 Å². The molecular formula is C109H181N13O18. The van der Waals surface area contributed by atoms with Crippen LogP contribution in [0.5, 0.6) is 11.5 Å². The topological polar surface area (TPSA) is 450 Å². The Hall–Kier alpha value is -10.1. The van der Waals surface area contributed by atoms with E-state index in [0.29, 0.717) is 110 Å². The lowest BCUT2D eigenvalue weighted by atomic mass is 9.79. The maximum absolute atomic E-state index is 12.3. The Morgan fingerprint density at radius 2 is 0.821 bits per heavy atom.